The lowest BCUT2D eigenvalue weighted by atomic mass is 9.90. The molecule has 1 aliphatic carbocycles. The van der Waals surface area contributed by atoms with Crippen molar-refractivity contribution in [3.63, 3.8) is 0 Å². The number of hydrogen-bond donors (Lipinski definition) is 2. The summed E-state index contributed by atoms with van der Waals surface area (Å²) in [6.07, 6.45) is 4.62. The highest BCUT2D eigenvalue weighted by Crippen LogP contribution is 2.22. The highest BCUT2D eigenvalue weighted by atomic mass is 16.5. The van der Waals surface area contributed by atoms with Crippen molar-refractivity contribution >= 4 is 23.6 Å². The maximum Gasteiger partial charge on any atom is 0.325 e. The fourth-order valence-electron chi connectivity index (χ4n) is 3.11. The molecule has 3 amide bonds. The summed E-state index contributed by atoms with van der Waals surface area (Å²) >= 11 is 0. The predicted octanol–water partition coefficient (Wildman–Crippen LogP) is 3.00. The van der Waals surface area contributed by atoms with Crippen molar-refractivity contribution < 1.29 is 19.1 Å². The molecule has 0 atom stereocenters. The Morgan fingerprint density at radius 1 is 0.926 bits per heavy atom. The number of hydrogen-bond acceptors (Lipinski definition) is 4. The second-order valence-electron chi connectivity index (χ2n) is 6.52. The molecule has 0 saturated carbocycles. The van der Waals surface area contributed by atoms with Crippen LogP contribution < -0.4 is 10.6 Å². The molecule has 6 nitrogen and oxygen atoms in total. The molecule has 1 aliphatic rings. The number of rotatable bonds is 5. The van der Waals surface area contributed by atoms with Gasteiger partial charge in [0.05, 0.1) is 6.42 Å². The van der Waals surface area contributed by atoms with E-state index in [-0.39, 0.29) is 6.42 Å². The molecule has 0 bridgehead atoms. The minimum absolute atomic E-state index is 0.108. The lowest BCUT2D eigenvalue weighted by Gasteiger charge is -2.16. The van der Waals surface area contributed by atoms with E-state index in [4.69, 9.17) is 4.74 Å². The van der Waals surface area contributed by atoms with Gasteiger partial charge in [-0.05, 0) is 54.5 Å². The van der Waals surface area contributed by atoms with Gasteiger partial charge in [0.15, 0.2) is 6.61 Å². The second kappa shape index (κ2) is 8.98. The molecule has 0 spiro atoms. The SMILES string of the molecule is O=C(COC(=O)Cc1ccc2c(c1)CCCC2)NC(=O)Nc1ccccc1. The van der Waals surface area contributed by atoms with E-state index in [1.807, 2.05) is 18.2 Å². The molecule has 0 saturated heterocycles. The van der Waals surface area contributed by atoms with Crippen LogP contribution in [0, 0.1) is 0 Å². The summed E-state index contributed by atoms with van der Waals surface area (Å²) in [6.45, 7) is -0.494. The molecule has 0 unspecified atom stereocenters. The van der Waals surface area contributed by atoms with Crippen molar-refractivity contribution in [2.45, 2.75) is 32.1 Å². The van der Waals surface area contributed by atoms with Crippen LogP contribution in [-0.2, 0) is 33.6 Å². The Balaban J connectivity index is 1.42. The summed E-state index contributed by atoms with van der Waals surface area (Å²) in [5.74, 6) is -1.17. The van der Waals surface area contributed by atoms with Crippen LogP contribution in [0.5, 0.6) is 0 Å². The van der Waals surface area contributed by atoms with Gasteiger partial charge in [0, 0.05) is 5.69 Å². The lowest BCUT2D eigenvalue weighted by Crippen LogP contribution is -2.37. The first-order chi connectivity index (χ1) is 13.1. The van der Waals surface area contributed by atoms with Crippen molar-refractivity contribution in [2.75, 3.05) is 11.9 Å². The zero-order valence-electron chi connectivity index (χ0n) is 15.0. The number of imide groups is 1. The maximum absolute atomic E-state index is 12.0. The van der Waals surface area contributed by atoms with Gasteiger partial charge in [-0.1, -0.05) is 36.4 Å². The van der Waals surface area contributed by atoms with Gasteiger partial charge in [-0.25, -0.2) is 4.79 Å². The van der Waals surface area contributed by atoms with E-state index >= 15 is 0 Å². The first-order valence-electron chi connectivity index (χ1n) is 9.02. The summed E-state index contributed by atoms with van der Waals surface area (Å²) in [4.78, 5) is 35.4. The predicted molar refractivity (Wildman–Crippen MR) is 101 cm³/mol. The van der Waals surface area contributed by atoms with Crippen LogP contribution in [0.1, 0.15) is 29.5 Å². The Morgan fingerprint density at radius 3 is 2.44 bits per heavy atom. The maximum atomic E-state index is 12.0. The summed E-state index contributed by atoms with van der Waals surface area (Å²) in [5.41, 5.74) is 4.08. The molecule has 2 aromatic rings. The number of amides is 3. The molecule has 140 valence electrons. The van der Waals surface area contributed by atoms with E-state index in [1.165, 1.54) is 24.0 Å². The summed E-state index contributed by atoms with van der Waals surface area (Å²) in [7, 11) is 0. The molecular weight excluding hydrogens is 344 g/mol. The number of carbonyl (C=O) groups is 3. The number of ether oxygens (including phenoxy) is 1. The molecule has 3 rings (SSSR count). The molecular formula is C21H22N2O4. The van der Waals surface area contributed by atoms with Crippen molar-refractivity contribution in [3.8, 4) is 0 Å². The van der Waals surface area contributed by atoms with E-state index in [0.29, 0.717) is 5.69 Å². The highest BCUT2D eigenvalue weighted by Gasteiger charge is 2.14. The normalized spacial score (nSPS) is 12.6. The molecule has 0 heterocycles. The van der Waals surface area contributed by atoms with Crippen LogP contribution in [0.15, 0.2) is 48.5 Å². The van der Waals surface area contributed by atoms with E-state index in [9.17, 15) is 14.4 Å². The van der Waals surface area contributed by atoms with E-state index in [2.05, 4.69) is 16.7 Å². The monoisotopic (exact) mass is 366 g/mol. The summed E-state index contributed by atoms with van der Waals surface area (Å²) < 4.78 is 4.97. The minimum Gasteiger partial charge on any atom is -0.455 e. The number of aryl methyl sites for hydroxylation is 2. The first-order valence-corrected chi connectivity index (χ1v) is 9.02. The molecule has 0 aromatic heterocycles. The van der Waals surface area contributed by atoms with Gasteiger partial charge in [-0.2, -0.15) is 0 Å². The Morgan fingerprint density at radius 2 is 1.67 bits per heavy atom. The van der Waals surface area contributed by atoms with E-state index < -0.39 is 24.5 Å². The van der Waals surface area contributed by atoms with Gasteiger partial charge >= 0.3 is 12.0 Å². The fraction of sp³-hybridized carbons (Fsp3) is 0.286. The Labute approximate surface area is 157 Å². The summed E-state index contributed by atoms with van der Waals surface area (Å²) in [5, 5.41) is 4.64. The third-order valence-corrected chi connectivity index (χ3v) is 4.41. The molecule has 2 aromatic carbocycles. The zero-order valence-corrected chi connectivity index (χ0v) is 15.0. The minimum atomic E-state index is -0.678. The first kappa shape index (κ1) is 18.6. The third kappa shape index (κ3) is 5.67. The van der Waals surface area contributed by atoms with Crippen LogP contribution in [-0.4, -0.2) is 24.5 Å². The van der Waals surface area contributed by atoms with Crippen LogP contribution >= 0.6 is 0 Å². The highest BCUT2D eigenvalue weighted by molar-refractivity contribution is 6.01. The van der Waals surface area contributed by atoms with Crippen LogP contribution in [0.4, 0.5) is 10.5 Å². The Hall–Kier alpha value is -3.15. The van der Waals surface area contributed by atoms with Gasteiger partial charge in [0.2, 0.25) is 0 Å². The molecule has 2 N–H and O–H groups in total. The molecule has 0 aliphatic heterocycles. The van der Waals surface area contributed by atoms with Crippen LogP contribution in [0.3, 0.4) is 0 Å². The third-order valence-electron chi connectivity index (χ3n) is 4.41. The number of anilines is 1. The fourth-order valence-corrected chi connectivity index (χ4v) is 3.11. The quantitative estimate of drug-likeness (QED) is 0.797. The van der Waals surface area contributed by atoms with Crippen LogP contribution in [0.25, 0.3) is 0 Å². The summed E-state index contributed by atoms with van der Waals surface area (Å²) in [6, 6.07) is 14.1. The standard InChI is InChI=1S/C21H22N2O4/c24-19(23-21(26)22-18-8-2-1-3-9-18)14-27-20(25)13-15-10-11-16-6-4-5-7-17(16)12-15/h1-3,8-12H,4-7,13-14H2,(H2,22,23,24,26). The number of esters is 1. The smallest absolute Gasteiger partial charge is 0.325 e. The molecule has 6 heteroatoms. The van der Waals surface area contributed by atoms with Gasteiger partial charge < -0.3 is 10.1 Å². The molecule has 0 radical (unpaired) electrons. The lowest BCUT2D eigenvalue weighted by molar-refractivity contribution is -0.147. The van der Waals surface area contributed by atoms with E-state index in [1.54, 1.807) is 24.3 Å². The Kier molecular flexibility index (Phi) is 6.20. The number of benzene rings is 2. The zero-order chi connectivity index (χ0) is 19.1. The number of nitrogens with one attached hydrogen (secondary N) is 2. The van der Waals surface area contributed by atoms with Gasteiger partial charge in [0.25, 0.3) is 5.91 Å². The second-order valence-corrected chi connectivity index (χ2v) is 6.52. The average molecular weight is 366 g/mol. The van der Waals surface area contributed by atoms with Crippen molar-refractivity contribution in [3.05, 3.63) is 65.2 Å². The Bertz CT molecular complexity index is 833. The van der Waals surface area contributed by atoms with Crippen molar-refractivity contribution in [1.29, 1.82) is 0 Å². The number of fused-ring (bicyclic) bond motifs is 1. The van der Waals surface area contributed by atoms with E-state index in [0.717, 1.165) is 18.4 Å². The largest absolute Gasteiger partial charge is 0.455 e. The van der Waals surface area contributed by atoms with Crippen LogP contribution in [0.2, 0.25) is 0 Å². The topological polar surface area (TPSA) is 84.5 Å². The van der Waals surface area contributed by atoms with Gasteiger partial charge in [0.1, 0.15) is 0 Å². The molecule has 27 heavy (non-hydrogen) atoms. The van der Waals surface area contributed by atoms with Gasteiger partial charge in [-0.15, -0.1) is 0 Å². The van der Waals surface area contributed by atoms with Crippen molar-refractivity contribution in [1.82, 2.24) is 5.32 Å². The van der Waals surface area contributed by atoms with Crippen molar-refractivity contribution in [2.24, 2.45) is 0 Å². The number of carbonyl (C=O) groups excluding carboxylic acids is 3. The number of urea groups is 1. The average Bonchev–Trinajstić information content (AvgIpc) is 2.67. The number of para-hydroxylation sites is 1. The molecule has 0 fully saturated rings. The van der Waals surface area contributed by atoms with Gasteiger partial charge in [-0.3, -0.25) is 14.9 Å².